The van der Waals surface area contributed by atoms with Crippen LogP contribution in [0.2, 0.25) is 0 Å². The Balaban J connectivity index is 1.42. The number of ketones is 1. The first-order chi connectivity index (χ1) is 13.9. The van der Waals surface area contributed by atoms with Crippen LogP contribution >= 0.6 is 0 Å². The van der Waals surface area contributed by atoms with Crippen LogP contribution in [-0.2, 0) is 6.42 Å². The molecule has 0 bridgehead atoms. The van der Waals surface area contributed by atoms with Gasteiger partial charge < -0.3 is 4.90 Å². The van der Waals surface area contributed by atoms with Gasteiger partial charge in [0.25, 0.3) is 11.4 Å². The average Bonchev–Trinajstić information content (AvgIpc) is 2.73. The van der Waals surface area contributed by atoms with Crippen molar-refractivity contribution in [2.75, 3.05) is 39.3 Å². The van der Waals surface area contributed by atoms with Gasteiger partial charge in [0.05, 0.1) is 16.4 Å². The maximum absolute atomic E-state index is 12.4. The van der Waals surface area contributed by atoms with Gasteiger partial charge in [0.2, 0.25) is 0 Å². The second-order valence-electron chi connectivity index (χ2n) is 7.02. The molecule has 1 aliphatic rings. The van der Waals surface area contributed by atoms with Crippen molar-refractivity contribution in [2.45, 2.75) is 6.42 Å². The lowest BCUT2D eigenvalue weighted by Gasteiger charge is -2.34. The van der Waals surface area contributed by atoms with Crippen molar-refractivity contribution in [3.63, 3.8) is 0 Å². The van der Waals surface area contributed by atoms with Crippen LogP contribution in [0.3, 0.4) is 0 Å². The molecule has 1 saturated heterocycles. The summed E-state index contributed by atoms with van der Waals surface area (Å²) in [7, 11) is 0. The van der Waals surface area contributed by atoms with E-state index in [9.17, 15) is 25.0 Å². The van der Waals surface area contributed by atoms with Crippen molar-refractivity contribution < 1.29 is 14.6 Å². The second kappa shape index (κ2) is 9.35. The van der Waals surface area contributed by atoms with E-state index in [-0.39, 0.29) is 17.2 Å². The molecule has 9 heteroatoms. The van der Waals surface area contributed by atoms with E-state index in [4.69, 9.17) is 0 Å². The molecule has 0 aliphatic carbocycles. The molecule has 0 radical (unpaired) electrons. The van der Waals surface area contributed by atoms with E-state index in [1.165, 1.54) is 36.4 Å². The van der Waals surface area contributed by atoms with Gasteiger partial charge in [-0.15, -0.1) is 0 Å². The van der Waals surface area contributed by atoms with Crippen LogP contribution in [0.25, 0.3) is 0 Å². The Morgan fingerprint density at radius 3 is 1.79 bits per heavy atom. The third-order valence-electron chi connectivity index (χ3n) is 5.10. The number of rotatable bonds is 8. The summed E-state index contributed by atoms with van der Waals surface area (Å²) in [6.07, 6.45) is 0.819. The highest BCUT2D eigenvalue weighted by atomic mass is 16.6. The highest BCUT2D eigenvalue weighted by molar-refractivity contribution is 5.97. The van der Waals surface area contributed by atoms with Crippen LogP contribution in [0.4, 0.5) is 11.4 Å². The maximum Gasteiger partial charge on any atom is 0.269 e. The molecule has 1 heterocycles. The number of piperazine rings is 1. The van der Waals surface area contributed by atoms with Gasteiger partial charge in [-0.1, -0.05) is 12.1 Å². The zero-order chi connectivity index (χ0) is 20.8. The Morgan fingerprint density at radius 2 is 1.28 bits per heavy atom. The van der Waals surface area contributed by atoms with Crippen LogP contribution in [0.5, 0.6) is 0 Å². The molecule has 2 aromatic carbocycles. The number of benzene rings is 2. The predicted molar refractivity (Wildman–Crippen MR) is 107 cm³/mol. The molecule has 1 aliphatic heterocycles. The standard InChI is InChI=1S/C20H22N4O5/c25-20(17-3-7-19(8-4-17)24(28)29)15-22-13-11-21(12-14-22)10-9-16-1-5-18(6-2-16)23(26)27/h1-8H,9-15H2. The molecule has 0 atom stereocenters. The fourth-order valence-electron chi connectivity index (χ4n) is 3.31. The first kappa shape index (κ1) is 20.6. The molecule has 3 rings (SSSR count). The number of hydrogen-bond acceptors (Lipinski definition) is 7. The Labute approximate surface area is 167 Å². The zero-order valence-corrected chi connectivity index (χ0v) is 15.9. The van der Waals surface area contributed by atoms with E-state index in [2.05, 4.69) is 9.80 Å². The summed E-state index contributed by atoms with van der Waals surface area (Å²) in [5.74, 6) is -0.0424. The monoisotopic (exact) mass is 398 g/mol. The van der Waals surface area contributed by atoms with Crippen LogP contribution in [0, 0.1) is 20.2 Å². The van der Waals surface area contributed by atoms with Crippen molar-refractivity contribution in [3.8, 4) is 0 Å². The number of Topliss-reactive ketones (excluding diaryl/α,β-unsaturated/α-hetero) is 1. The number of carbonyl (C=O) groups excluding carboxylic acids is 1. The van der Waals surface area contributed by atoms with Gasteiger partial charge in [-0.2, -0.15) is 0 Å². The van der Waals surface area contributed by atoms with Gasteiger partial charge >= 0.3 is 0 Å². The van der Waals surface area contributed by atoms with Gasteiger partial charge in [-0.05, 0) is 24.1 Å². The molecule has 152 valence electrons. The zero-order valence-electron chi connectivity index (χ0n) is 15.9. The Hall–Kier alpha value is -3.17. The highest BCUT2D eigenvalue weighted by Crippen LogP contribution is 2.14. The van der Waals surface area contributed by atoms with Crippen LogP contribution < -0.4 is 0 Å². The van der Waals surface area contributed by atoms with E-state index in [0.29, 0.717) is 12.1 Å². The molecule has 9 nitrogen and oxygen atoms in total. The highest BCUT2D eigenvalue weighted by Gasteiger charge is 2.20. The summed E-state index contributed by atoms with van der Waals surface area (Å²) in [5.41, 5.74) is 1.62. The van der Waals surface area contributed by atoms with E-state index in [0.717, 1.165) is 44.7 Å². The molecule has 1 fully saturated rings. The normalized spacial score (nSPS) is 15.2. The summed E-state index contributed by atoms with van der Waals surface area (Å²) in [6.45, 7) is 4.41. The van der Waals surface area contributed by atoms with Gasteiger partial charge in [0.1, 0.15) is 0 Å². The second-order valence-corrected chi connectivity index (χ2v) is 7.02. The molecule has 29 heavy (non-hydrogen) atoms. The molecular formula is C20H22N4O5. The van der Waals surface area contributed by atoms with Crippen molar-refractivity contribution in [2.24, 2.45) is 0 Å². The molecule has 2 aromatic rings. The quantitative estimate of drug-likeness (QED) is 0.382. The minimum Gasteiger partial charge on any atom is -0.300 e. The van der Waals surface area contributed by atoms with Gasteiger partial charge in [0.15, 0.2) is 5.78 Å². The van der Waals surface area contributed by atoms with Crippen molar-refractivity contribution in [1.82, 2.24) is 9.80 Å². The molecule has 0 aromatic heterocycles. The number of non-ortho nitro benzene ring substituents is 2. The predicted octanol–water partition coefficient (Wildman–Crippen LogP) is 2.55. The van der Waals surface area contributed by atoms with E-state index in [1.807, 2.05) is 0 Å². The molecular weight excluding hydrogens is 376 g/mol. The Kier molecular flexibility index (Phi) is 6.63. The fourth-order valence-corrected chi connectivity index (χ4v) is 3.31. The van der Waals surface area contributed by atoms with Crippen LogP contribution in [0.1, 0.15) is 15.9 Å². The molecule has 0 amide bonds. The summed E-state index contributed by atoms with van der Waals surface area (Å²) >= 11 is 0. The third kappa shape index (κ3) is 5.66. The van der Waals surface area contributed by atoms with Crippen molar-refractivity contribution in [1.29, 1.82) is 0 Å². The smallest absolute Gasteiger partial charge is 0.269 e. The third-order valence-corrected chi connectivity index (χ3v) is 5.10. The molecule has 0 N–H and O–H groups in total. The van der Waals surface area contributed by atoms with E-state index in [1.54, 1.807) is 12.1 Å². The summed E-state index contributed by atoms with van der Waals surface area (Å²) in [4.78, 5) is 37.3. The number of nitro groups is 2. The van der Waals surface area contributed by atoms with Gasteiger partial charge in [0, 0.05) is 62.6 Å². The minimum absolute atomic E-state index is 0.0248. The lowest BCUT2D eigenvalue weighted by Crippen LogP contribution is -2.48. The first-order valence-electron chi connectivity index (χ1n) is 9.38. The lowest BCUT2D eigenvalue weighted by atomic mass is 10.1. The summed E-state index contributed by atoms with van der Waals surface area (Å²) in [6, 6.07) is 12.3. The van der Waals surface area contributed by atoms with Gasteiger partial charge in [-0.3, -0.25) is 29.9 Å². The fraction of sp³-hybridized carbons (Fsp3) is 0.350. The molecule has 0 unspecified atom stereocenters. The first-order valence-corrected chi connectivity index (χ1v) is 9.38. The van der Waals surface area contributed by atoms with Crippen LogP contribution in [0.15, 0.2) is 48.5 Å². The summed E-state index contributed by atoms with van der Waals surface area (Å²) in [5, 5.41) is 21.4. The average molecular weight is 398 g/mol. The minimum atomic E-state index is -0.482. The Morgan fingerprint density at radius 1 is 0.793 bits per heavy atom. The number of nitro benzene ring substituents is 2. The van der Waals surface area contributed by atoms with Crippen LogP contribution in [-0.4, -0.2) is 64.7 Å². The molecule has 0 spiro atoms. The maximum atomic E-state index is 12.4. The number of hydrogen-bond donors (Lipinski definition) is 0. The largest absolute Gasteiger partial charge is 0.300 e. The van der Waals surface area contributed by atoms with Crippen molar-refractivity contribution in [3.05, 3.63) is 79.9 Å². The topological polar surface area (TPSA) is 110 Å². The summed E-state index contributed by atoms with van der Waals surface area (Å²) < 4.78 is 0. The van der Waals surface area contributed by atoms with Crippen molar-refractivity contribution >= 4 is 17.2 Å². The molecule has 0 saturated carbocycles. The van der Waals surface area contributed by atoms with Gasteiger partial charge in [-0.25, -0.2) is 0 Å². The Bertz CT molecular complexity index is 875. The lowest BCUT2D eigenvalue weighted by molar-refractivity contribution is -0.385. The number of nitrogens with zero attached hydrogens (tertiary/aromatic N) is 4. The van der Waals surface area contributed by atoms with E-state index < -0.39 is 9.85 Å². The SMILES string of the molecule is O=C(CN1CCN(CCc2ccc([N+](=O)[O-])cc2)CC1)c1ccc([N+](=O)[O-])cc1. The van der Waals surface area contributed by atoms with E-state index >= 15 is 0 Å². The number of carbonyl (C=O) groups is 1.